The molecule has 2 unspecified atom stereocenters. The van der Waals surface area contributed by atoms with E-state index in [1.807, 2.05) is 6.08 Å². The van der Waals surface area contributed by atoms with Crippen LogP contribution in [0.15, 0.2) is 11.5 Å². The van der Waals surface area contributed by atoms with Gasteiger partial charge in [-0.25, -0.2) is 9.78 Å². The average Bonchev–Trinajstić information content (AvgIpc) is 2.94. The maximum absolute atomic E-state index is 11.5. The van der Waals surface area contributed by atoms with Gasteiger partial charge in [-0.2, -0.15) is 0 Å². The fraction of sp³-hybridized carbons (Fsp3) is 0.533. The lowest BCUT2D eigenvalue weighted by molar-refractivity contribution is -0.130. The molecular weight excluding hydrogens is 288 g/mol. The highest BCUT2D eigenvalue weighted by atomic mass is 32.1. The summed E-state index contributed by atoms with van der Waals surface area (Å²) in [5.41, 5.74) is 0.710. The highest BCUT2D eigenvalue weighted by molar-refractivity contribution is 7.14. The van der Waals surface area contributed by atoms with Gasteiger partial charge in [0.05, 0.1) is 11.3 Å². The molecule has 0 spiro atoms. The first-order chi connectivity index (χ1) is 10.1. The van der Waals surface area contributed by atoms with E-state index in [2.05, 4.69) is 10.3 Å². The molecule has 0 saturated heterocycles. The zero-order valence-electron chi connectivity index (χ0n) is 11.8. The molecule has 0 bridgehead atoms. The molecule has 2 atom stereocenters. The summed E-state index contributed by atoms with van der Waals surface area (Å²) in [6.45, 7) is 1.41. The Hall–Kier alpha value is -1.69. The van der Waals surface area contributed by atoms with Crippen molar-refractivity contribution in [2.24, 2.45) is 17.8 Å². The predicted octanol–water partition coefficient (Wildman–Crippen LogP) is 3.01. The molecular formula is C15H18N2O3S. The SMILES string of the molecule is CC(=O)Nc1nc(/C(=C\C2C3CCCCC23)C(=O)O)cs1. The average molecular weight is 306 g/mol. The molecule has 1 amide bonds. The van der Waals surface area contributed by atoms with Gasteiger partial charge in [0, 0.05) is 12.3 Å². The van der Waals surface area contributed by atoms with Gasteiger partial charge in [0.2, 0.25) is 5.91 Å². The molecule has 2 aliphatic rings. The Morgan fingerprint density at radius 3 is 2.62 bits per heavy atom. The van der Waals surface area contributed by atoms with Crippen molar-refractivity contribution < 1.29 is 14.7 Å². The molecule has 1 aromatic heterocycles. The van der Waals surface area contributed by atoms with E-state index in [-0.39, 0.29) is 11.5 Å². The van der Waals surface area contributed by atoms with Crippen LogP contribution in [0.2, 0.25) is 0 Å². The van der Waals surface area contributed by atoms with Gasteiger partial charge in [0.1, 0.15) is 0 Å². The number of nitrogens with zero attached hydrogens (tertiary/aromatic N) is 1. The summed E-state index contributed by atoms with van der Waals surface area (Å²) in [6, 6.07) is 0. The first-order valence-corrected chi connectivity index (χ1v) is 8.13. The second kappa shape index (κ2) is 5.60. The summed E-state index contributed by atoms with van der Waals surface area (Å²) in [5.74, 6) is 0.580. The van der Waals surface area contributed by atoms with Gasteiger partial charge in [-0.3, -0.25) is 4.79 Å². The molecule has 1 heterocycles. The molecule has 21 heavy (non-hydrogen) atoms. The molecule has 5 nitrogen and oxygen atoms in total. The molecule has 0 aromatic carbocycles. The lowest BCUT2D eigenvalue weighted by Gasteiger charge is -2.04. The molecule has 3 rings (SSSR count). The molecule has 0 radical (unpaired) electrons. The zero-order chi connectivity index (χ0) is 15.0. The van der Waals surface area contributed by atoms with E-state index in [0.29, 0.717) is 28.6 Å². The lowest BCUT2D eigenvalue weighted by Crippen LogP contribution is -2.06. The van der Waals surface area contributed by atoms with E-state index in [1.165, 1.54) is 43.9 Å². The summed E-state index contributed by atoms with van der Waals surface area (Å²) in [6.07, 6.45) is 6.84. The number of fused-ring (bicyclic) bond motifs is 1. The van der Waals surface area contributed by atoms with Crippen LogP contribution < -0.4 is 5.32 Å². The summed E-state index contributed by atoms with van der Waals surface area (Å²) in [7, 11) is 0. The Bertz CT molecular complexity index is 596. The molecule has 2 fully saturated rings. The van der Waals surface area contributed by atoms with Crippen LogP contribution in [-0.4, -0.2) is 22.0 Å². The number of rotatable bonds is 4. The van der Waals surface area contributed by atoms with Crippen LogP contribution >= 0.6 is 11.3 Å². The lowest BCUT2D eigenvalue weighted by atomic mass is 10.0. The van der Waals surface area contributed by atoms with E-state index in [9.17, 15) is 14.7 Å². The predicted molar refractivity (Wildman–Crippen MR) is 81.0 cm³/mol. The van der Waals surface area contributed by atoms with Crippen molar-refractivity contribution >= 4 is 33.9 Å². The Labute approximate surface area is 127 Å². The minimum Gasteiger partial charge on any atom is -0.478 e. The number of aromatic nitrogens is 1. The topological polar surface area (TPSA) is 79.3 Å². The number of anilines is 1. The van der Waals surface area contributed by atoms with E-state index in [0.717, 1.165) is 0 Å². The van der Waals surface area contributed by atoms with Gasteiger partial charge in [-0.15, -0.1) is 11.3 Å². The van der Waals surface area contributed by atoms with Crippen molar-refractivity contribution in [3.05, 3.63) is 17.2 Å². The molecule has 0 aliphatic heterocycles. The van der Waals surface area contributed by atoms with Crippen LogP contribution in [0.5, 0.6) is 0 Å². The fourth-order valence-corrected chi connectivity index (χ4v) is 4.12. The highest BCUT2D eigenvalue weighted by Gasteiger charge is 2.49. The van der Waals surface area contributed by atoms with Crippen molar-refractivity contribution in [3.63, 3.8) is 0 Å². The molecule has 1 aromatic rings. The standard InChI is InChI=1S/C15H18N2O3S/c1-8(18)16-15-17-13(7-21-15)12(14(19)20)6-11-9-4-2-3-5-10(9)11/h6-7,9-11H,2-5H2,1H3,(H,19,20)(H,16,17,18)/b12-6+. The normalized spacial score (nSPS) is 27.9. The number of hydrogen-bond donors (Lipinski definition) is 2. The smallest absolute Gasteiger partial charge is 0.337 e. The number of carbonyl (C=O) groups excluding carboxylic acids is 1. The second-order valence-corrected chi connectivity index (χ2v) is 6.65. The maximum Gasteiger partial charge on any atom is 0.337 e. The highest BCUT2D eigenvalue weighted by Crippen LogP contribution is 2.56. The number of hydrogen-bond acceptors (Lipinski definition) is 4. The van der Waals surface area contributed by atoms with Gasteiger partial charge in [0.15, 0.2) is 5.13 Å². The van der Waals surface area contributed by atoms with Crippen LogP contribution in [0.4, 0.5) is 5.13 Å². The number of nitrogens with one attached hydrogen (secondary N) is 1. The minimum atomic E-state index is -0.946. The molecule has 2 aliphatic carbocycles. The number of amides is 1. The van der Waals surface area contributed by atoms with Crippen molar-refractivity contribution in [1.82, 2.24) is 4.98 Å². The van der Waals surface area contributed by atoms with Crippen LogP contribution in [-0.2, 0) is 9.59 Å². The Morgan fingerprint density at radius 2 is 2.05 bits per heavy atom. The van der Waals surface area contributed by atoms with E-state index >= 15 is 0 Å². The number of allylic oxidation sites excluding steroid dienone is 1. The minimum absolute atomic E-state index is 0.204. The molecule has 2 saturated carbocycles. The van der Waals surface area contributed by atoms with Crippen molar-refractivity contribution in [1.29, 1.82) is 0 Å². The monoisotopic (exact) mass is 306 g/mol. The third-order valence-corrected chi connectivity index (χ3v) is 5.13. The Kier molecular flexibility index (Phi) is 3.80. The van der Waals surface area contributed by atoms with Gasteiger partial charge in [-0.05, 0) is 30.6 Å². The summed E-state index contributed by atoms with van der Waals surface area (Å²) in [4.78, 5) is 26.7. The Balaban J connectivity index is 1.80. The van der Waals surface area contributed by atoms with Gasteiger partial charge in [0.25, 0.3) is 0 Å². The van der Waals surface area contributed by atoms with Crippen molar-refractivity contribution in [2.45, 2.75) is 32.6 Å². The first-order valence-electron chi connectivity index (χ1n) is 7.25. The number of carboxylic acid groups (broad SMARTS) is 1. The van der Waals surface area contributed by atoms with Gasteiger partial charge >= 0.3 is 5.97 Å². The number of aliphatic carboxylic acids is 1. The van der Waals surface area contributed by atoms with Crippen molar-refractivity contribution in [2.75, 3.05) is 5.32 Å². The van der Waals surface area contributed by atoms with Gasteiger partial charge < -0.3 is 10.4 Å². The number of thiazole rings is 1. The van der Waals surface area contributed by atoms with E-state index in [1.54, 1.807) is 5.38 Å². The second-order valence-electron chi connectivity index (χ2n) is 5.79. The first kappa shape index (κ1) is 14.3. The largest absolute Gasteiger partial charge is 0.478 e. The third kappa shape index (κ3) is 3.00. The van der Waals surface area contributed by atoms with Crippen molar-refractivity contribution in [3.8, 4) is 0 Å². The summed E-state index contributed by atoms with van der Waals surface area (Å²) in [5, 5.41) is 14.2. The fourth-order valence-electron chi connectivity index (χ4n) is 3.36. The number of carbonyl (C=O) groups is 2. The van der Waals surface area contributed by atoms with Crippen LogP contribution in [0.1, 0.15) is 38.3 Å². The van der Waals surface area contributed by atoms with E-state index in [4.69, 9.17) is 0 Å². The van der Waals surface area contributed by atoms with Crippen LogP contribution in [0.3, 0.4) is 0 Å². The molecule has 2 N–H and O–H groups in total. The third-order valence-electron chi connectivity index (χ3n) is 4.38. The van der Waals surface area contributed by atoms with Crippen LogP contribution in [0, 0.1) is 17.8 Å². The quantitative estimate of drug-likeness (QED) is 0.838. The van der Waals surface area contributed by atoms with Crippen LogP contribution in [0.25, 0.3) is 5.57 Å². The Morgan fingerprint density at radius 1 is 1.38 bits per heavy atom. The zero-order valence-corrected chi connectivity index (χ0v) is 12.7. The van der Waals surface area contributed by atoms with Gasteiger partial charge in [-0.1, -0.05) is 18.9 Å². The maximum atomic E-state index is 11.5. The molecule has 6 heteroatoms. The molecule has 112 valence electrons. The number of carboxylic acids is 1. The summed E-state index contributed by atoms with van der Waals surface area (Å²) < 4.78 is 0. The van der Waals surface area contributed by atoms with E-state index < -0.39 is 5.97 Å². The summed E-state index contributed by atoms with van der Waals surface area (Å²) >= 11 is 1.25.